The Morgan fingerprint density at radius 1 is 1.00 bits per heavy atom. The van der Waals surface area contributed by atoms with Crippen molar-refractivity contribution in [3.05, 3.63) is 23.8 Å². The van der Waals surface area contributed by atoms with E-state index in [1.807, 2.05) is 12.1 Å². The van der Waals surface area contributed by atoms with E-state index in [0.29, 0.717) is 13.2 Å². The normalized spacial score (nSPS) is 10.3. The van der Waals surface area contributed by atoms with Crippen LogP contribution in [0.1, 0.15) is 32.3 Å². The van der Waals surface area contributed by atoms with Crippen molar-refractivity contribution >= 4 is 0 Å². The van der Waals surface area contributed by atoms with Crippen LogP contribution in [0.5, 0.6) is 11.5 Å². The third-order valence-corrected chi connectivity index (χ3v) is 2.36. The van der Waals surface area contributed by atoms with Gasteiger partial charge in [-0.3, -0.25) is 0 Å². The molecule has 0 heterocycles. The van der Waals surface area contributed by atoms with Crippen molar-refractivity contribution < 1.29 is 9.47 Å². The Balaban J connectivity index is 2.78. The Hall–Kier alpha value is -1.22. The molecule has 96 valence electrons. The quantitative estimate of drug-likeness (QED) is 0.756. The fourth-order valence-corrected chi connectivity index (χ4v) is 1.53. The van der Waals surface area contributed by atoms with Gasteiger partial charge in [0, 0.05) is 0 Å². The largest absolute Gasteiger partial charge is 0.490 e. The summed E-state index contributed by atoms with van der Waals surface area (Å²) in [5, 5.41) is 0. The molecule has 0 atom stereocenters. The lowest BCUT2D eigenvalue weighted by molar-refractivity contribution is 0.268. The van der Waals surface area contributed by atoms with Crippen LogP contribution in [0, 0.1) is 0 Å². The Morgan fingerprint density at radius 2 is 1.65 bits per heavy atom. The van der Waals surface area contributed by atoms with E-state index in [4.69, 9.17) is 15.2 Å². The summed E-state index contributed by atoms with van der Waals surface area (Å²) >= 11 is 0. The molecule has 3 heteroatoms. The Morgan fingerprint density at radius 3 is 2.24 bits per heavy atom. The van der Waals surface area contributed by atoms with Crippen molar-refractivity contribution in [1.82, 2.24) is 0 Å². The first-order valence-electron chi connectivity index (χ1n) is 6.40. The molecule has 1 aromatic carbocycles. The third kappa shape index (κ3) is 4.65. The molecule has 1 rings (SSSR count). The van der Waals surface area contributed by atoms with Gasteiger partial charge in [0.25, 0.3) is 0 Å². The van der Waals surface area contributed by atoms with Crippen LogP contribution >= 0.6 is 0 Å². The van der Waals surface area contributed by atoms with Gasteiger partial charge in [-0.2, -0.15) is 0 Å². The van der Waals surface area contributed by atoms with Crippen molar-refractivity contribution in [2.75, 3.05) is 19.8 Å². The predicted octanol–water partition coefficient (Wildman–Crippen LogP) is 2.77. The summed E-state index contributed by atoms with van der Waals surface area (Å²) < 4.78 is 11.4. The smallest absolute Gasteiger partial charge is 0.161 e. The zero-order valence-electron chi connectivity index (χ0n) is 10.9. The number of hydrogen-bond donors (Lipinski definition) is 1. The summed E-state index contributed by atoms with van der Waals surface area (Å²) in [5.41, 5.74) is 6.75. The molecule has 0 unspecified atom stereocenters. The Kier molecular flexibility index (Phi) is 6.48. The second-order valence-corrected chi connectivity index (χ2v) is 4.02. The first-order chi connectivity index (χ1) is 8.31. The van der Waals surface area contributed by atoms with Gasteiger partial charge in [0.15, 0.2) is 11.5 Å². The van der Waals surface area contributed by atoms with Crippen LogP contribution in [0.25, 0.3) is 0 Å². The summed E-state index contributed by atoms with van der Waals surface area (Å²) in [6, 6.07) is 6.07. The maximum absolute atomic E-state index is 5.70. The van der Waals surface area contributed by atoms with Gasteiger partial charge in [0.1, 0.15) is 0 Å². The van der Waals surface area contributed by atoms with Crippen molar-refractivity contribution in [2.45, 2.75) is 33.1 Å². The lowest BCUT2D eigenvalue weighted by Crippen LogP contribution is -2.05. The van der Waals surface area contributed by atoms with Gasteiger partial charge in [0.2, 0.25) is 0 Å². The highest BCUT2D eigenvalue weighted by atomic mass is 16.5. The van der Waals surface area contributed by atoms with Gasteiger partial charge >= 0.3 is 0 Å². The molecule has 2 N–H and O–H groups in total. The summed E-state index contributed by atoms with van der Waals surface area (Å²) in [7, 11) is 0. The topological polar surface area (TPSA) is 44.5 Å². The van der Waals surface area contributed by atoms with E-state index in [1.54, 1.807) is 0 Å². The van der Waals surface area contributed by atoms with Crippen molar-refractivity contribution in [2.24, 2.45) is 5.73 Å². The monoisotopic (exact) mass is 237 g/mol. The minimum Gasteiger partial charge on any atom is -0.490 e. The number of nitrogens with two attached hydrogens (primary N) is 1. The first-order valence-corrected chi connectivity index (χ1v) is 6.40. The number of benzene rings is 1. The minimum absolute atomic E-state index is 0.655. The minimum atomic E-state index is 0.655. The molecule has 17 heavy (non-hydrogen) atoms. The fourth-order valence-electron chi connectivity index (χ4n) is 1.53. The van der Waals surface area contributed by atoms with Gasteiger partial charge < -0.3 is 15.2 Å². The van der Waals surface area contributed by atoms with Gasteiger partial charge in [0.05, 0.1) is 13.2 Å². The fraction of sp³-hybridized carbons (Fsp3) is 0.571. The van der Waals surface area contributed by atoms with Gasteiger partial charge in [-0.15, -0.1) is 0 Å². The lowest BCUT2D eigenvalue weighted by atomic mass is 10.1. The number of rotatable bonds is 8. The molecule has 0 fully saturated rings. The van der Waals surface area contributed by atoms with Crippen LogP contribution in [0.2, 0.25) is 0 Å². The molecule has 0 amide bonds. The molecule has 0 radical (unpaired) electrons. The maximum atomic E-state index is 5.70. The maximum Gasteiger partial charge on any atom is 0.161 e. The van der Waals surface area contributed by atoms with Gasteiger partial charge in [-0.25, -0.2) is 0 Å². The molecule has 3 nitrogen and oxygen atoms in total. The van der Waals surface area contributed by atoms with Crippen molar-refractivity contribution in [3.63, 3.8) is 0 Å². The average Bonchev–Trinajstić information content (AvgIpc) is 2.35. The van der Waals surface area contributed by atoms with E-state index >= 15 is 0 Å². The van der Waals surface area contributed by atoms with E-state index in [-0.39, 0.29) is 0 Å². The van der Waals surface area contributed by atoms with E-state index in [0.717, 1.165) is 37.4 Å². The molecular formula is C14H23NO2. The summed E-state index contributed by atoms with van der Waals surface area (Å²) in [4.78, 5) is 0. The zero-order chi connectivity index (χ0) is 12.5. The molecule has 0 aliphatic heterocycles. The number of hydrogen-bond acceptors (Lipinski definition) is 3. The van der Waals surface area contributed by atoms with E-state index < -0.39 is 0 Å². The lowest BCUT2D eigenvalue weighted by Gasteiger charge is -2.13. The van der Waals surface area contributed by atoms with Crippen molar-refractivity contribution in [1.29, 1.82) is 0 Å². The summed E-state index contributed by atoms with van der Waals surface area (Å²) in [6.45, 7) is 6.28. The van der Waals surface area contributed by atoms with E-state index in [9.17, 15) is 0 Å². The van der Waals surface area contributed by atoms with Crippen LogP contribution in [0.3, 0.4) is 0 Å². The van der Waals surface area contributed by atoms with E-state index in [1.165, 1.54) is 5.56 Å². The SMILES string of the molecule is CCCOc1ccc(CCN)cc1OCCC. The van der Waals surface area contributed by atoms with Crippen LogP contribution in [-0.2, 0) is 6.42 Å². The molecule has 0 bridgehead atoms. The van der Waals surface area contributed by atoms with Crippen molar-refractivity contribution in [3.8, 4) is 11.5 Å². The van der Waals surface area contributed by atoms with Crippen LogP contribution in [0.15, 0.2) is 18.2 Å². The highest BCUT2D eigenvalue weighted by Gasteiger charge is 2.06. The molecule has 0 aliphatic carbocycles. The van der Waals surface area contributed by atoms with Crippen LogP contribution < -0.4 is 15.2 Å². The second kappa shape index (κ2) is 7.96. The zero-order valence-corrected chi connectivity index (χ0v) is 10.9. The highest BCUT2D eigenvalue weighted by Crippen LogP contribution is 2.28. The first kappa shape index (κ1) is 13.8. The molecule has 1 aromatic rings. The predicted molar refractivity (Wildman–Crippen MR) is 70.8 cm³/mol. The van der Waals surface area contributed by atoms with E-state index in [2.05, 4.69) is 19.9 Å². The second-order valence-electron chi connectivity index (χ2n) is 4.02. The molecule has 0 saturated heterocycles. The Labute approximate surface area is 104 Å². The Bertz CT molecular complexity index is 326. The molecule has 0 aliphatic rings. The summed E-state index contributed by atoms with van der Waals surface area (Å²) in [5.74, 6) is 1.67. The number of ether oxygens (including phenoxy) is 2. The standard InChI is InChI=1S/C14H23NO2/c1-3-9-16-13-6-5-12(7-8-15)11-14(13)17-10-4-2/h5-6,11H,3-4,7-10,15H2,1-2H3. The molecule has 0 spiro atoms. The van der Waals surface area contributed by atoms with Crippen LogP contribution in [0.4, 0.5) is 0 Å². The van der Waals surface area contributed by atoms with Gasteiger partial charge in [-0.05, 0) is 43.5 Å². The average molecular weight is 237 g/mol. The third-order valence-electron chi connectivity index (χ3n) is 2.36. The molecule has 0 saturated carbocycles. The summed E-state index contributed by atoms with van der Waals surface area (Å²) in [6.07, 6.45) is 2.86. The molecule has 0 aromatic heterocycles. The van der Waals surface area contributed by atoms with Crippen LogP contribution in [-0.4, -0.2) is 19.8 Å². The highest BCUT2D eigenvalue weighted by molar-refractivity contribution is 5.43. The van der Waals surface area contributed by atoms with Gasteiger partial charge in [-0.1, -0.05) is 19.9 Å². The molecular weight excluding hydrogens is 214 g/mol.